The number of carboxylic acid groups (broad SMARTS) is 1. The molecule has 0 aliphatic heterocycles. The highest BCUT2D eigenvalue weighted by Gasteiger charge is 2.78. The van der Waals surface area contributed by atoms with Crippen molar-refractivity contribution in [1.29, 1.82) is 0 Å². The van der Waals surface area contributed by atoms with Crippen LogP contribution in [-0.2, 0) is 10.2 Å². The molecule has 3 rings (SSSR count). The molecule has 1 aromatic carbocycles. The third-order valence-corrected chi connectivity index (χ3v) is 3.78. The normalized spacial score (nSPS) is 24.4. The van der Waals surface area contributed by atoms with Gasteiger partial charge in [0.25, 0.3) is 5.92 Å². The summed E-state index contributed by atoms with van der Waals surface area (Å²) in [5.74, 6) is -4.86. The Hall–Kier alpha value is -1.75. The van der Waals surface area contributed by atoms with Gasteiger partial charge in [-0.15, -0.1) is 0 Å². The molecule has 2 aromatic rings. The topological polar surface area (TPSA) is 50.2 Å². The van der Waals surface area contributed by atoms with Gasteiger partial charge in [0.1, 0.15) is 5.15 Å². The molecule has 1 aliphatic carbocycles. The van der Waals surface area contributed by atoms with Crippen LogP contribution in [-0.4, -0.2) is 22.0 Å². The second-order valence-corrected chi connectivity index (χ2v) is 4.97. The number of alkyl halides is 2. The number of aromatic nitrogens is 1. The second-order valence-electron chi connectivity index (χ2n) is 4.61. The van der Waals surface area contributed by atoms with Crippen LogP contribution in [0.25, 0.3) is 10.9 Å². The van der Waals surface area contributed by atoms with Crippen LogP contribution >= 0.6 is 11.6 Å². The number of carbonyl (C=O) groups is 1. The van der Waals surface area contributed by atoms with Gasteiger partial charge in [0.2, 0.25) is 0 Å². The summed E-state index contributed by atoms with van der Waals surface area (Å²) in [7, 11) is 0. The van der Waals surface area contributed by atoms with Crippen molar-refractivity contribution in [1.82, 2.24) is 4.98 Å². The van der Waals surface area contributed by atoms with Gasteiger partial charge in [0, 0.05) is 17.4 Å². The highest BCUT2D eigenvalue weighted by molar-refractivity contribution is 6.31. The number of fused-ring (bicyclic) bond motifs is 1. The number of nitrogens with zero attached hydrogens (tertiary/aromatic N) is 1. The molecule has 0 saturated heterocycles. The average Bonchev–Trinajstić information content (AvgIpc) is 2.93. The highest BCUT2D eigenvalue weighted by Crippen LogP contribution is 2.62. The van der Waals surface area contributed by atoms with Crippen LogP contribution in [0.5, 0.6) is 0 Å². The molecule has 1 aliphatic rings. The lowest BCUT2D eigenvalue weighted by atomic mass is 9.95. The summed E-state index contributed by atoms with van der Waals surface area (Å²) in [5, 5.41) is 9.53. The summed E-state index contributed by atoms with van der Waals surface area (Å²) in [6, 6.07) is 8.21. The Balaban J connectivity index is 2.26. The van der Waals surface area contributed by atoms with Crippen molar-refractivity contribution in [3.8, 4) is 0 Å². The zero-order valence-corrected chi connectivity index (χ0v) is 10.3. The van der Waals surface area contributed by atoms with Crippen LogP contribution in [0.15, 0.2) is 30.3 Å². The van der Waals surface area contributed by atoms with E-state index in [1.807, 2.05) is 0 Å². The van der Waals surface area contributed by atoms with Crippen LogP contribution in [0.2, 0.25) is 5.15 Å². The van der Waals surface area contributed by atoms with Crippen molar-refractivity contribution in [2.45, 2.75) is 17.8 Å². The van der Waals surface area contributed by atoms with Crippen molar-refractivity contribution in [2.24, 2.45) is 0 Å². The second kappa shape index (κ2) is 3.63. The van der Waals surface area contributed by atoms with E-state index in [-0.39, 0.29) is 10.7 Å². The number of aliphatic carboxylic acids is 1. The molecular formula is C13H8ClF2NO2. The quantitative estimate of drug-likeness (QED) is 0.861. The molecule has 1 heterocycles. The first-order valence-electron chi connectivity index (χ1n) is 5.55. The number of para-hydroxylation sites is 1. The van der Waals surface area contributed by atoms with Gasteiger partial charge in [-0.05, 0) is 12.1 Å². The Labute approximate surface area is 111 Å². The molecular weight excluding hydrogens is 276 g/mol. The molecule has 0 spiro atoms. The molecule has 0 amide bonds. The van der Waals surface area contributed by atoms with Gasteiger partial charge in [0.15, 0.2) is 5.41 Å². The largest absolute Gasteiger partial charge is 0.480 e. The number of pyridine rings is 1. The molecule has 98 valence electrons. The Morgan fingerprint density at radius 3 is 2.58 bits per heavy atom. The van der Waals surface area contributed by atoms with Crippen LogP contribution < -0.4 is 0 Å². The van der Waals surface area contributed by atoms with Gasteiger partial charge in [-0.2, -0.15) is 0 Å². The molecule has 1 N–H and O–H groups in total. The number of carboxylic acids is 1. The zero-order chi connectivity index (χ0) is 13.8. The summed E-state index contributed by atoms with van der Waals surface area (Å²) in [6.07, 6.45) is -0.741. The molecule has 0 bridgehead atoms. The highest BCUT2D eigenvalue weighted by atomic mass is 35.5. The van der Waals surface area contributed by atoms with Crippen LogP contribution in [0.3, 0.4) is 0 Å². The monoisotopic (exact) mass is 283 g/mol. The maximum absolute atomic E-state index is 13.5. The fraction of sp³-hybridized carbons (Fsp3) is 0.231. The molecule has 1 aromatic heterocycles. The lowest BCUT2D eigenvalue weighted by Gasteiger charge is -2.14. The SMILES string of the molecule is O=C(O)C1(c2cc3ccccc3nc2Cl)CC1(F)F. The van der Waals surface area contributed by atoms with E-state index < -0.39 is 23.7 Å². The van der Waals surface area contributed by atoms with Gasteiger partial charge in [0.05, 0.1) is 5.52 Å². The first-order chi connectivity index (χ1) is 8.88. The molecule has 1 saturated carbocycles. The maximum atomic E-state index is 13.5. The van der Waals surface area contributed by atoms with E-state index in [0.717, 1.165) is 0 Å². The molecule has 0 radical (unpaired) electrons. The molecule has 1 atom stereocenters. The predicted octanol–water partition coefficient (Wildman–Crippen LogP) is 3.25. The summed E-state index contributed by atoms with van der Waals surface area (Å²) >= 11 is 5.89. The zero-order valence-electron chi connectivity index (χ0n) is 9.53. The van der Waals surface area contributed by atoms with E-state index in [1.54, 1.807) is 24.3 Å². The Kier molecular flexibility index (Phi) is 2.35. The molecule has 3 nitrogen and oxygen atoms in total. The van der Waals surface area contributed by atoms with E-state index in [2.05, 4.69) is 4.98 Å². The van der Waals surface area contributed by atoms with E-state index in [1.165, 1.54) is 6.07 Å². The van der Waals surface area contributed by atoms with E-state index in [0.29, 0.717) is 10.9 Å². The van der Waals surface area contributed by atoms with Gasteiger partial charge in [-0.25, -0.2) is 13.8 Å². The van der Waals surface area contributed by atoms with Crippen molar-refractivity contribution in [3.63, 3.8) is 0 Å². The number of hydrogen-bond acceptors (Lipinski definition) is 2. The van der Waals surface area contributed by atoms with E-state index in [9.17, 15) is 13.6 Å². The summed E-state index contributed by atoms with van der Waals surface area (Å²) in [6.45, 7) is 0. The minimum Gasteiger partial charge on any atom is -0.480 e. The van der Waals surface area contributed by atoms with Crippen LogP contribution in [0, 0.1) is 0 Å². The van der Waals surface area contributed by atoms with Crippen molar-refractivity contribution < 1.29 is 18.7 Å². The summed E-state index contributed by atoms with van der Waals surface area (Å²) in [5.41, 5.74) is -1.81. The molecule has 6 heteroatoms. The number of hydrogen-bond donors (Lipinski definition) is 1. The average molecular weight is 284 g/mol. The Bertz CT molecular complexity index is 704. The van der Waals surface area contributed by atoms with Gasteiger partial charge >= 0.3 is 5.97 Å². The third kappa shape index (κ3) is 1.54. The number of rotatable bonds is 2. The smallest absolute Gasteiger partial charge is 0.320 e. The third-order valence-electron chi connectivity index (χ3n) is 3.49. The van der Waals surface area contributed by atoms with E-state index in [4.69, 9.17) is 16.7 Å². The van der Waals surface area contributed by atoms with Crippen molar-refractivity contribution in [2.75, 3.05) is 0 Å². The van der Waals surface area contributed by atoms with Gasteiger partial charge < -0.3 is 5.11 Å². The first kappa shape index (κ1) is 12.3. The molecule has 1 unspecified atom stereocenters. The lowest BCUT2D eigenvalue weighted by Crippen LogP contribution is -2.27. The fourth-order valence-electron chi connectivity index (χ4n) is 2.32. The first-order valence-corrected chi connectivity index (χ1v) is 5.93. The van der Waals surface area contributed by atoms with Crippen molar-refractivity contribution >= 4 is 28.5 Å². The number of halogens is 3. The molecule has 1 fully saturated rings. The summed E-state index contributed by atoms with van der Waals surface area (Å²) in [4.78, 5) is 15.2. The van der Waals surface area contributed by atoms with E-state index >= 15 is 0 Å². The Morgan fingerprint density at radius 1 is 1.37 bits per heavy atom. The molecule has 19 heavy (non-hydrogen) atoms. The van der Waals surface area contributed by atoms with Crippen molar-refractivity contribution in [3.05, 3.63) is 41.0 Å². The minimum atomic E-state index is -3.29. The van der Waals surface area contributed by atoms with Gasteiger partial charge in [-0.1, -0.05) is 29.8 Å². The maximum Gasteiger partial charge on any atom is 0.320 e. The lowest BCUT2D eigenvalue weighted by molar-refractivity contribution is -0.142. The fourth-order valence-corrected chi connectivity index (χ4v) is 2.63. The predicted molar refractivity (Wildman–Crippen MR) is 65.6 cm³/mol. The Morgan fingerprint density at radius 2 is 2.00 bits per heavy atom. The van der Waals surface area contributed by atoms with Gasteiger partial charge in [-0.3, -0.25) is 4.79 Å². The van der Waals surface area contributed by atoms with Crippen LogP contribution in [0.1, 0.15) is 12.0 Å². The number of benzene rings is 1. The minimum absolute atomic E-state index is 0.120. The standard InChI is InChI=1S/C13H8ClF2NO2/c14-10-8(12(11(18)19)6-13(12,15)16)5-7-3-1-2-4-9(7)17-10/h1-5H,6H2,(H,18,19). The summed E-state index contributed by atoms with van der Waals surface area (Å²) < 4.78 is 27.0. The van der Waals surface area contributed by atoms with Crippen LogP contribution in [0.4, 0.5) is 8.78 Å².